The van der Waals surface area contributed by atoms with Crippen LogP contribution in [0.25, 0.3) is 0 Å². The number of rotatable bonds is 4. The van der Waals surface area contributed by atoms with Crippen molar-refractivity contribution in [3.05, 3.63) is 56.9 Å². The van der Waals surface area contributed by atoms with Gasteiger partial charge in [-0.3, -0.25) is 4.79 Å². The lowest BCUT2D eigenvalue weighted by atomic mass is 10.2. The fourth-order valence-corrected chi connectivity index (χ4v) is 2.11. The highest BCUT2D eigenvalue weighted by molar-refractivity contribution is 9.10. The summed E-state index contributed by atoms with van der Waals surface area (Å²) in [7, 11) is 0. The van der Waals surface area contributed by atoms with Gasteiger partial charge in [0.1, 0.15) is 11.6 Å². The normalized spacial score (nSPS) is 10.8. The van der Waals surface area contributed by atoms with Crippen LogP contribution in [0.2, 0.25) is 10.0 Å². The van der Waals surface area contributed by atoms with Gasteiger partial charge in [0.25, 0.3) is 5.91 Å². The van der Waals surface area contributed by atoms with Crippen molar-refractivity contribution < 1.29 is 4.79 Å². The minimum absolute atomic E-state index is 0.164. The Kier molecular flexibility index (Phi) is 5.93. The fraction of sp³-hybridized carbons (Fsp3) is 0. The van der Waals surface area contributed by atoms with Gasteiger partial charge in [-0.1, -0.05) is 23.2 Å². The maximum absolute atomic E-state index is 12.1. The molecule has 2 rings (SSSR count). The predicted octanol–water partition coefficient (Wildman–Crippen LogP) is 4.00. The molecule has 0 radical (unpaired) electrons. The van der Waals surface area contributed by atoms with Gasteiger partial charge in [0.15, 0.2) is 0 Å². The number of nitriles is 1. The van der Waals surface area contributed by atoms with Gasteiger partial charge in [-0.15, -0.1) is 0 Å². The molecule has 116 valence electrons. The fourth-order valence-electron chi connectivity index (χ4n) is 1.45. The topological polar surface area (TPSA) is 90.7 Å². The first-order valence-corrected chi connectivity index (χ1v) is 7.65. The SMILES string of the molecule is N#C/C(=C/Nc1ncc(Br)cn1)C(=O)Nc1ccc(Cl)cc1Cl. The maximum atomic E-state index is 12.1. The van der Waals surface area contributed by atoms with Crippen molar-refractivity contribution >= 4 is 56.7 Å². The molecule has 6 nitrogen and oxygen atoms in total. The molecule has 1 aromatic heterocycles. The van der Waals surface area contributed by atoms with Crippen molar-refractivity contribution in [2.45, 2.75) is 0 Å². The van der Waals surface area contributed by atoms with Gasteiger partial charge in [0, 0.05) is 23.6 Å². The largest absolute Gasteiger partial charge is 0.329 e. The highest BCUT2D eigenvalue weighted by Crippen LogP contribution is 2.25. The number of carbonyl (C=O) groups is 1. The van der Waals surface area contributed by atoms with Gasteiger partial charge in [0.05, 0.1) is 15.2 Å². The van der Waals surface area contributed by atoms with Gasteiger partial charge in [-0.05, 0) is 34.1 Å². The van der Waals surface area contributed by atoms with E-state index < -0.39 is 5.91 Å². The van der Waals surface area contributed by atoms with Crippen LogP contribution in [0.3, 0.4) is 0 Å². The molecule has 0 atom stereocenters. The van der Waals surface area contributed by atoms with Crippen molar-refractivity contribution in [1.82, 2.24) is 9.97 Å². The third-order valence-corrected chi connectivity index (χ3v) is 3.47. The van der Waals surface area contributed by atoms with Crippen molar-refractivity contribution in [1.29, 1.82) is 5.26 Å². The molecule has 1 aromatic carbocycles. The van der Waals surface area contributed by atoms with E-state index in [1.807, 2.05) is 0 Å². The standard InChI is InChI=1S/C14H8BrCl2N5O/c15-9-6-20-14(21-7-9)19-5-8(4-18)13(23)22-12-2-1-10(16)3-11(12)17/h1-3,5-7H,(H,22,23)(H,19,20,21)/b8-5-. The molecular weight excluding hydrogens is 405 g/mol. The zero-order chi connectivity index (χ0) is 16.8. The summed E-state index contributed by atoms with van der Waals surface area (Å²) in [6.45, 7) is 0. The number of hydrogen-bond acceptors (Lipinski definition) is 5. The van der Waals surface area contributed by atoms with Crippen LogP contribution in [0.15, 0.2) is 46.8 Å². The summed E-state index contributed by atoms with van der Waals surface area (Å²) in [4.78, 5) is 20.0. The molecule has 0 aliphatic rings. The highest BCUT2D eigenvalue weighted by Gasteiger charge is 2.11. The van der Waals surface area contributed by atoms with Crippen LogP contribution in [0.4, 0.5) is 11.6 Å². The number of anilines is 2. The van der Waals surface area contributed by atoms with Crippen LogP contribution in [0.5, 0.6) is 0 Å². The number of carbonyl (C=O) groups excluding carboxylic acids is 1. The third-order valence-electron chi connectivity index (χ3n) is 2.51. The molecule has 23 heavy (non-hydrogen) atoms. The van der Waals surface area contributed by atoms with Crippen molar-refractivity contribution in [2.24, 2.45) is 0 Å². The van der Waals surface area contributed by atoms with Gasteiger partial charge in [-0.25, -0.2) is 9.97 Å². The Morgan fingerprint density at radius 3 is 2.61 bits per heavy atom. The summed E-state index contributed by atoms with van der Waals surface area (Å²) in [6, 6.07) is 6.40. The van der Waals surface area contributed by atoms with Crippen molar-refractivity contribution in [3.63, 3.8) is 0 Å². The molecule has 0 aliphatic carbocycles. The summed E-state index contributed by atoms with van der Waals surface area (Å²) in [6.07, 6.45) is 4.27. The Balaban J connectivity index is 2.10. The summed E-state index contributed by atoms with van der Waals surface area (Å²) >= 11 is 15.0. The molecule has 1 heterocycles. The number of amides is 1. The quantitative estimate of drug-likeness (QED) is 0.584. The molecule has 0 aliphatic heterocycles. The molecule has 9 heteroatoms. The summed E-state index contributed by atoms with van der Waals surface area (Å²) < 4.78 is 0.711. The molecule has 0 fully saturated rings. The maximum Gasteiger partial charge on any atom is 0.267 e. The molecule has 1 amide bonds. The Labute approximate surface area is 150 Å². The van der Waals surface area contributed by atoms with E-state index in [1.165, 1.54) is 24.7 Å². The second-order valence-electron chi connectivity index (χ2n) is 4.12. The number of aromatic nitrogens is 2. The van der Waals surface area contributed by atoms with E-state index in [1.54, 1.807) is 18.2 Å². The zero-order valence-electron chi connectivity index (χ0n) is 11.3. The van der Waals surface area contributed by atoms with Crippen LogP contribution in [0, 0.1) is 11.3 Å². The molecule has 0 spiro atoms. The lowest BCUT2D eigenvalue weighted by molar-refractivity contribution is -0.112. The Morgan fingerprint density at radius 1 is 1.30 bits per heavy atom. The average Bonchev–Trinajstić information content (AvgIpc) is 2.52. The molecular formula is C14H8BrCl2N5O. The van der Waals surface area contributed by atoms with Gasteiger partial charge in [-0.2, -0.15) is 5.26 Å². The van der Waals surface area contributed by atoms with E-state index in [2.05, 4.69) is 36.5 Å². The predicted molar refractivity (Wildman–Crippen MR) is 92.1 cm³/mol. The van der Waals surface area contributed by atoms with Crippen LogP contribution < -0.4 is 10.6 Å². The minimum atomic E-state index is -0.624. The highest BCUT2D eigenvalue weighted by atomic mass is 79.9. The van der Waals surface area contributed by atoms with Crippen LogP contribution in [-0.2, 0) is 4.79 Å². The summed E-state index contributed by atoms with van der Waals surface area (Å²) in [5.74, 6) is -0.375. The minimum Gasteiger partial charge on any atom is -0.329 e. The molecule has 0 saturated heterocycles. The van der Waals surface area contributed by atoms with E-state index in [4.69, 9.17) is 28.5 Å². The molecule has 0 unspecified atom stereocenters. The van der Waals surface area contributed by atoms with Crippen molar-refractivity contribution in [3.8, 4) is 6.07 Å². The van der Waals surface area contributed by atoms with E-state index >= 15 is 0 Å². The smallest absolute Gasteiger partial charge is 0.267 e. The lowest BCUT2D eigenvalue weighted by Gasteiger charge is -2.07. The van der Waals surface area contributed by atoms with Gasteiger partial charge in [0.2, 0.25) is 5.95 Å². The Hall–Kier alpha value is -2.14. The van der Waals surface area contributed by atoms with E-state index in [0.717, 1.165) is 0 Å². The average molecular weight is 413 g/mol. The number of nitrogens with zero attached hydrogens (tertiary/aromatic N) is 3. The second-order valence-corrected chi connectivity index (χ2v) is 5.88. The van der Waals surface area contributed by atoms with Crippen LogP contribution >= 0.6 is 39.1 Å². The number of nitrogens with one attached hydrogen (secondary N) is 2. The molecule has 0 bridgehead atoms. The monoisotopic (exact) mass is 411 g/mol. The summed E-state index contributed by atoms with van der Waals surface area (Å²) in [5, 5.41) is 15.0. The number of benzene rings is 1. The number of hydrogen-bond donors (Lipinski definition) is 2. The third kappa shape index (κ3) is 4.93. The lowest BCUT2D eigenvalue weighted by Crippen LogP contribution is -2.15. The first kappa shape index (κ1) is 17.2. The summed E-state index contributed by atoms with van der Waals surface area (Å²) in [5.41, 5.74) is 0.185. The van der Waals surface area contributed by atoms with Crippen molar-refractivity contribution in [2.75, 3.05) is 10.6 Å². The molecule has 2 N–H and O–H groups in total. The second kappa shape index (κ2) is 7.92. The Morgan fingerprint density at radius 2 is 2.00 bits per heavy atom. The molecule has 2 aromatic rings. The first-order chi connectivity index (χ1) is 11.0. The first-order valence-electron chi connectivity index (χ1n) is 6.10. The molecule has 0 saturated carbocycles. The van der Waals surface area contributed by atoms with Gasteiger partial charge < -0.3 is 10.6 Å². The van der Waals surface area contributed by atoms with Crippen LogP contribution in [0.1, 0.15) is 0 Å². The van der Waals surface area contributed by atoms with Gasteiger partial charge >= 0.3 is 0 Å². The Bertz CT molecular complexity index is 802. The zero-order valence-corrected chi connectivity index (χ0v) is 14.4. The van der Waals surface area contributed by atoms with E-state index in [-0.39, 0.29) is 16.5 Å². The van der Waals surface area contributed by atoms with Crippen LogP contribution in [-0.4, -0.2) is 15.9 Å². The number of halogens is 3. The van der Waals surface area contributed by atoms with E-state index in [0.29, 0.717) is 15.2 Å². The van der Waals surface area contributed by atoms with E-state index in [9.17, 15) is 4.79 Å².